The van der Waals surface area contributed by atoms with Gasteiger partial charge in [-0.1, -0.05) is 30.3 Å². The Morgan fingerprint density at radius 2 is 1.65 bits per heavy atom. The molecule has 0 atom stereocenters. The average molecular weight is 472 g/mol. The maximum atomic E-state index is 12.3. The van der Waals surface area contributed by atoms with E-state index in [1.54, 1.807) is 24.3 Å². The second-order valence-electron chi connectivity index (χ2n) is 8.21. The van der Waals surface area contributed by atoms with Crippen LogP contribution in [0, 0.1) is 12.3 Å². The first-order chi connectivity index (χ1) is 16.2. The third-order valence-electron chi connectivity index (χ3n) is 5.38. The number of methoxy groups -OCH3 is 1. The number of ether oxygens (including phenoxy) is 4. The molecule has 184 valence electrons. The van der Waals surface area contributed by atoms with Gasteiger partial charge < -0.3 is 23.8 Å². The zero-order chi connectivity index (χ0) is 25.1. The van der Waals surface area contributed by atoms with Crippen molar-refractivity contribution in [1.82, 2.24) is 0 Å². The molecule has 0 fully saturated rings. The van der Waals surface area contributed by atoms with Crippen molar-refractivity contribution in [3.63, 3.8) is 0 Å². The van der Waals surface area contributed by atoms with Crippen LogP contribution in [0.1, 0.15) is 43.9 Å². The van der Waals surface area contributed by atoms with Crippen LogP contribution in [0.2, 0.25) is 0 Å². The number of aryl methyl sites for hydroxylation is 1. The van der Waals surface area contributed by atoms with Gasteiger partial charge in [-0.15, -0.1) is 0 Å². The highest BCUT2D eigenvalue weighted by molar-refractivity contribution is 6.43. The number of esters is 2. The molecule has 8 nitrogen and oxygen atoms in total. The number of para-hydroxylation sites is 1. The lowest BCUT2D eigenvalue weighted by Gasteiger charge is -2.21. The Morgan fingerprint density at radius 1 is 0.971 bits per heavy atom. The van der Waals surface area contributed by atoms with Crippen LogP contribution in [0.4, 0.5) is 0 Å². The van der Waals surface area contributed by atoms with Crippen LogP contribution in [-0.2, 0) is 30.5 Å². The van der Waals surface area contributed by atoms with E-state index in [0.29, 0.717) is 36.7 Å². The summed E-state index contributed by atoms with van der Waals surface area (Å²) < 4.78 is 22.0. The Bertz CT molecular complexity index is 997. The van der Waals surface area contributed by atoms with Crippen LogP contribution in [0.5, 0.6) is 11.5 Å². The Labute approximate surface area is 200 Å². The standard InChI is InChI=1S/C26H33NO7/c1-7-26(3,4)25(29)34-17-20-10-8-9-18(2)23(20)33-16-15-32-21-13-11-19(12-14-21)22(27-31-6)24(28)30-5/h8-14H,7,15-17H2,1-6H3/b27-22+. The zero-order valence-corrected chi connectivity index (χ0v) is 20.7. The summed E-state index contributed by atoms with van der Waals surface area (Å²) in [4.78, 5) is 28.9. The molecular weight excluding hydrogens is 438 g/mol. The smallest absolute Gasteiger partial charge is 0.360 e. The molecule has 2 aromatic rings. The van der Waals surface area contributed by atoms with Gasteiger partial charge >= 0.3 is 11.9 Å². The number of rotatable bonds is 12. The normalized spacial score (nSPS) is 11.5. The molecule has 0 radical (unpaired) electrons. The molecular formula is C26H33NO7. The largest absolute Gasteiger partial charge is 0.490 e. The molecule has 0 heterocycles. The van der Waals surface area contributed by atoms with Gasteiger partial charge in [0.2, 0.25) is 0 Å². The van der Waals surface area contributed by atoms with Gasteiger partial charge in [-0.2, -0.15) is 0 Å². The molecule has 0 amide bonds. The minimum atomic E-state index is -0.595. The molecule has 34 heavy (non-hydrogen) atoms. The van der Waals surface area contributed by atoms with E-state index in [2.05, 4.69) is 5.16 Å². The van der Waals surface area contributed by atoms with Crippen molar-refractivity contribution < 1.29 is 33.4 Å². The third kappa shape index (κ3) is 7.23. The number of benzene rings is 2. The summed E-state index contributed by atoms with van der Waals surface area (Å²) in [6.07, 6.45) is 0.699. The van der Waals surface area contributed by atoms with Crippen LogP contribution in [0.25, 0.3) is 0 Å². The van der Waals surface area contributed by atoms with Crippen LogP contribution in [0.15, 0.2) is 47.6 Å². The minimum absolute atomic E-state index is 0.0648. The molecule has 0 bridgehead atoms. The van der Waals surface area contributed by atoms with E-state index in [1.165, 1.54) is 14.2 Å². The summed E-state index contributed by atoms with van der Waals surface area (Å²) in [6, 6.07) is 12.6. The van der Waals surface area contributed by atoms with Crippen LogP contribution < -0.4 is 9.47 Å². The predicted molar refractivity (Wildman–Crippen MR) is 128 cm³/mol. The van der Waals surface area contributed by atoms with Gasteiger partial charge in [0.05, 0.1) is 12.5 Å². The van der Waals surface area contributed by atoms with E-state index in [-0.39, 0.29) is 18.3 Å². The number of carbonyl (C=O) groups excluding carboxylic acids is 2. The van der Waals surface area contributed by atoms with Gasteiger partial charge in [-0.05, 0) is 57.0 Å². The Kier molecular flexibility index (Phi) is 9.92. The molecule has 0 saturated carbocycles. The average Bonchev–Trinajstić information content (AvgIpc) is 2.84. The molecule has 0 unspecified atom stereocenters. The van der Waals surface area contributed by atoms with Crippen molar-refractivity contribution >= 4 is 17.7 Å². The topological polar surface area (TPSA) is 92.7 Å². The summed E-state index contributed by atoms with van der Waals surface area (Å²) in [5.41, 5.74) is 1.83. The van der Waals surface area contributed by atoms with Crippen molar-refractivity contribution in [2.75, 3.05) is 27.4 Å². The monoisotopic (exact) mass is 471 g/mol. The molecule has 2 aromatic carbocycles. The van der Waals surface area contributed by atoms with Crippen LogP contribution in [0.3, 0.4) is 0 Å². The molecule has 0 aliphatic heterocycles. The van der Waals surface area contributed by atoms with E-state index in [4.69, 9.17) is 23.8 Å². The second kappa shape index (κ2) is 12.6. The zero-order valence-electron chi connectivity index (χ0n) is 20.7. The fourth-order valence-corrected chi connectivity index (χ4v) is 2.92. The Morgan fingerprint density at radius 3 is 2.26 bits per heavy atom. The molecule has 8 heteroatoms. The van der Waals surface area contributed by atoms with Gasteiger partial charge in [0.25, 0.3) is 0 Å². The van der Waals surface area contributed by atoms with Crippen molar-refractivity contribution in [2.45, 2.75) is 40.7 Å². The van der Waals surface area contributed by atoms with E-state index in [1.807, 2.05) is 45.9 Å². The summed E-state index contributed by atoms with van der Waals surface area (Å²) >= 11 is 0. The quantitative estimate of drug-likeness (QED) is 0.195. The highest BCUT2D eigenvalue weighted by Gasteiger charge is 2.27. The maximum Gasteiger partial charge on any atom is 0.360 e. The highest BCUT2D eigenvalue weighted by atomic mass is 16.6. The summed E-state index contributed by atoms with van der Waals surface area (Å²) in [7, 11) is 2.64. The minimum Gasteiger partial charge on any atom is -0.490 e. The summed E-state index contributed by atoms with van der Waals surface area (Å²) in [5.74, 6) is 0.457. The lowest BCUT2D eigenvalue weighted by Crippen LogP contribution is -2.25. The lowest BCUT2D eigenvalue weighted by atomic mass is 9.91. The first kappa shape index (κ1) is 26.7. The van der Waals surface area contributed by atoms with Gasteiger partial charge in [0, 0.05) is 11.1 Å². The lowest BCUT2D eigenvalue weighted by molar-refractivity contribution is -0.155. The Balaban J connectivity index is 1.94. The van der Waals surface area contributed by atoms with Crippen LogP contribution in [-0.4, -0.2) is 45.1 Å². The highest BCUT2D eigenvalue weighted by Crippen LogP contribution is 2.27. The molecule has 0 saturated heterocycles. The number of hydrogen-bond donors (Lipinski definition) is 0. The first-order valence-electron chi connectivity index (χ1n) is 11.0. The SMILES string of the molecule is CCC(C)(C)C(=O)OCc1cccc(C)c1OCCOc1ccc(/C(=N\OC)C(=O)OC)cc1. The van der Waals surface area contributed by atoms with Gasteiger partial charge in [-0.25, -0.2) is 4.79 Å². The van der Waals surface area contributed by atoms with Gasteiger partial charge in [-0.3, -0.25) is 4.79 Å². The van der Waals surface area contributed by atoms with Crippen molar-refractivity contribution in [3.8, 4) is 11.5 Å². The third-order valence-corrected chi connectivity index (χ3v) is 5.38. The number of carbonyl (C=O) groups is 2. The van der Waals surface area contributed by atoms with Gasteiger partial charge in [0.15, 0.2) is 5.71 Å². The fraction of sp³-hybridized carbons (Fsp3) is 0.423. The molecule has 0 aliphatic rings. The predicted octanol–water partition coefficient (Wildman–Crippen LogP) is 4.46. The second-order valence-corrected chi connectivity index (χ2v) is 8.21. The number of oxime groups is 1. The van der Waals surface area contributed by atoms with Gasteiger partial charge in [0.1, 0.15) is 38.4 Å². The summed E-state index contributed by atoms with van der Waals surface area (Å²) in [5, 5.41) is 3.71. The van der Waals surface area contributed by atoms with E-state index in [9.17, 15) is 9.59 Å². The van der Waals surface area contributed by atoms with E-state index in [0.717, 1.165) is 11.1 Å². The van der Waals surface area contributed by atoms with Crippen molar-refractivity contribution in [1.29, 1.82) is 0 Å². The Hall–Kier alpha value is -3.55. The number of nitrogens with zero attached hydrogens (tertiary/aromatic N) is 1. The molecule has 0 aliphatic carbocycles. The molecule has 0 spiro atoms. The van der Waals surface area contributed by atoms with E-state index < -0.39 is 11.4 Å². The van der Waals surface area contributed by atoms with Crippen molar-refractivity contribution in [3.05, 3.63) is 59.2 Å². The first-order valence-corrected chi connectivity index (χ1v) is 11.0. The maximum absolute atomic E-state index is 12.3. The van der Waals surface area contributed by atoms with Crippen molar-refractivity contribution in [2.24, 2.45) is 10.6 Å². The molecule has 2 rings (SSSR count). The fourth-order valence-electron chi connectivity index (χ4n) is 2.92. The molecule has 0 N–H and O–H groups in total. The number of hydrogen-bond acceptors (Lipinski definition) is 8. The van der Waals surface area contributed by atoms with E-state index >= 15 is 0 Å². The van der Waals surface area contributed by atoms with Crippen LogP contribution >= 0.6 is 0 Å². The summed E-state index contributed by atoms with van der Waals surface area (Å²) in [6.45, 7) is 8.38. The molecule has 0 aromatic heterocycles.